The summed E-state index contributed by atoms with van der Waals surface area (Å²) in [6.07, 6.45) is 0. The number of hydrogen-bond donors (Lipinski definition) is 2. The van der Waals surface area contributed by atoms with Crippen LogP contribution in [0.5, 0.6) is 0 Å². The SMILES string of the molecule is C[C@@H](N[S@@+]([O-])C(C)(C)C)c1cccc(C(F)(F)CO)c1Cl. The highest BCUT2D eigenvalue weighted by Crippen LogP contribution is 2.37. The number of rotatable bonds is 5. The Kier molecular flexibility index (Phi) is 6.03. The fourth-order valence-corrected chi connectivity index (χ4v) is 2.88. The lowest BCUT2D eigenvalue weighted by atomic mass is 10.0. The second-order valence-corrected chi connectivity index (χ2v) is 8.17. The van der Waals surface area contributed by atoms with Gasteiger partial charge in [-0.05, 0) is 33.3 Å². The first-order chi connectivity index (χ1) is 9.50. The Morgan fingerprint density at radius 1 is 1.38 bits per heavy atom. The highest BCUT2D eigenvalue weighted by Gasteiger charge is 2.35. The van der Waals surface area contributed by atoms with Gasteiger partial charge in [0.1, 0.15) is 11.4 Å². The lowest BCUT2D eigenvalue weighted by Crippen LogP contribution is -2.40. The summed E-state index contributed by atoms with van der Waals surface area (Å²) in [4.78, 5) is 0. The predicted molar refractivity (Wildman–Crippen MR) is 81.9 cm³/mol. The molecular formula is C14H20ClF2NO2S. The summed E-state index contributed by atoms with van der Waals surface area (Å²) < 4.78 is 41.7. The standard InChI is InChI=1S/C14H20ClF2NO2S/c1-9(18-21(20)13(2,3)4)10-6-5-7-11(12(10)15)14(16,17)8-19/h5-7,9,18-19H,8H2,1-4H3/t9-,21+/m1/s1. The van der Waals surface area contributed by atoms with E-state index in [0.717, 1.165) is 0 Å². The summed E-state index contributed by atoms with van der Waals surface area (Å²) in [5.41, 5.74) is -0.0146. The predicted octanol–water partition coefficient (Wildman–Crippen LogP) is 3.54. The number of aliphatic hydroxyl groups is 1. The first-order valence-corrected chi connectivity index (χ1v) is 7.99. The quantitative estimate of drug-likeness (QED) is 0.807. The van der Waals surface area contributed by atoms with Gasteiger partial charge in [-0.15, -0.1) is 4.72 Å². The topological polar surface area (TPSA) is 55.3 Å². The Hall–Kier alpha value is -0.400. The van der Waals surface area contributed by atoms with Gasteiger partial charge in [-0.3, -0.25) is 0 Å². The van der Waals surface area contributed by atoms with Crippen LogP contribution in [0.2, 0.25) is 5.02 Å². The van der Waals surface area contributed by atoms with Crippen molar-refractivity contribution in [1.82, 2.24) is 4.72 Å². The van der Waals surface area contributed by atoms with E-state index >= 15 is 0 Å². The van der Waals surface area contributed by atoms with E-state index in [-0.39, 0.29) is 5.02 Å². The van der Waals surface area contributed by atoms with Gasteiger partial charge in [0.05, 0.1) is 11.1 Å². The molecule has 0 aromatic heterocycles. The zero-order valence-corrected chi connectivity index (χ0v) is 14.0. The van der Waals surface area contributed by atoms with Gasteiger partial charge in [0.2, 0.25) is 0 Å². The molecular weight excluding hydrogens is 320 g/mol. The Balaban J connectivity index is 3.07. The third-order valence-corrected chi connectivity index (χ3v) is 5.03. The third-order valence-electron chi connectivity index (χ3n) is 2.93. The lowest BCUT2D eigenvalue weighted by Gasteiger charge is -2.27. The number of nitrogens with one attached hydrogen (secondary N) is 1. The molecule has 3 nitrogen and oxygen atoms in total. The second-order valence-electron chi connectivity index (χ2n) is 5.79. The summed E-state index contributed by atoms with van der Waals surface area (Å²) in [5.74, 6) is -3.41. The van der Waals surface area contributed by atoms with Crippen molar-refractivity contribution < 1.29 is 18.4 Å². The number of hydrogen-bond acceptors (Lipinski definition) is 3. The molecule has 0 aliphatic carbocycles. The molecule has 0 saturated heterocycles. The van der Waals surface area contributed by atoms with Gasteiger partial charge in [0.25, 0.3) is 5.92 Å². The van der Waals surface area contributed by atoms with E-state index in [4.69, 9.17) is 16.7 Å². The highest BCUT2D eigenvalue weighted by atomic mass is 35.5. The highest BCUT2D eigenvalue weighted by molar-refractivity contribution is 7.90. The number of halogens is 3. The molecule has 0 heterocycles. The van der Waals surface area contributed by atoms with E-state index < -0.39 is 40.2 Å². The van der Waals surface area contributed by atoms with Crippen LogP contribution in [0.3, 0.4) is 0 Å². The van der Waals surface area contributed by atoms with E-state index in [0.29, 0.717) is 5.56 Å². The first kappa shape index (κ1) is 18.6. The van der Waals surface area contributed by atoms with Crippen molar-refractivity contribution in [2.24, 2.45) is 0 Å². The largest absolute Gasteiger partial charge is 0.598 e. The summed E-state index contributed by atoms with van der Waals surface area (Å²) >= 11 is 4.68. The van der Waals surface area contributed by atoms with Crippen LogP contribution < -0.4 is 4.72 Å². The molecule has 0 spiro atoms. The molecule has 120 valence electrons. The van der Waals surface area contributed by atoms with Crippen molar-refractivity contribution in [1.29, 1.82) is 0 Å². The molecule has 21 heavy (non-hydrogen) atoms. The summed E-state index contributed by atoms with van der Waals surface area (Å²) in [6, 6.07) is 3.75. The molecule has 2 atom stereocenters. The van der Waals surface area contributed by atoms with E-state index in [2.05, 4.69) is 4.72 Å². The first-order valence-electron chi connectivity index (χ1n) is 6.46. The molecule has 1 rings (SSSR count). The zero-order chi connectivity index (χ0) is 16.4. The Morgan fingerprint density at radius 3 is 2.43 bits per heavy atom. The molecule has 7 heteroatoms. The van der Waals surface area contributed by atoms with Crippen LogP contribution in [0.15, 0.2) is 18.2 Å². The van der Waals surface area contributed by atoms with E-state index in [9.17, 15) is 13.3 Å². The monoisotopic (exact) mass is 339 g/mol. The molecule has 0 radical (unpaired) electrons. The third kappa shape index (κ3) is 4.53. The summed E-state index contributed by atoms with van der Waals surface area (Å²) in [7, 11) is 0. The van der Waals surface area contributed by atoms with Crippen LogP contribution in [-0.2, 0) is 17.3 Å². The molecule has 0 aliphatic heterocycles. The van der Waals surface area contributed by atoms with Crippen LogP contribution in [0.25, 0.3) is 0 Å². The van der Waals surface area contributed by atoms with Crippen molar-refractivity contribution in [3.63, 3.8) is 0 Å². The molecule has 1 aromatic carbocycles. The number of benzene rings is 1. The normalized spacial score (nSPS) is 15.9. The molecule has 0 unspecified atom stereocenters. The van der Waals surface area contributed by atoms with Crippen LogP contribution in [0.1, 0.15) is 44.9 Å². The lowest BCUT2D eigenvalue weighted by molar-refractivity contribution is -0.0555. The van der Waals surface area contributed by atoms with Crippen molar-refractivity contribution in [3.8, 4) is 0 Å². The minimum atomic E-state index is -3.41. The molecule has 0 bridgehead atoms. The van der Waals surface area contributed by atoms with Gasteiger partial charge in [-0.2, -0.15) is 8.78 Å². The van der Waals surface area contributed by atoms with Crippen molar-refractivity contribution in [3.05, 3.63) is 34.3 Å². The van der Waals surface area contributed by atoms with Crippen LogP contribution in [0, 0.1) is 0 Å². The Labute approximate surface area is 132 Å². The molecule has 2 N–H and O–H groups in total. The molecule has 0 fully saturated rings. The Morgan fingerprint density at radius 2 is 1.95 bits per heavy atom. The van der Waals surface area contributed by atoms with Gasteiger partial charge in [-0.1, -0.05) is 29.8 Å². The van der Waals surface area contributed by atoms with Crippen LogP contribution in [0.4, 0.5) is 8.78 Å². The molecule has 0 amide bonds. The van der Waals surface area contributed by atoms with E-state index in [1.165, 1.54) is 12.1 Å². The zero-order valence-electron chi connectivity index (χ0n) is 12.4. The van der Waals surface area contributed by atoms with Gasteiger partial charge < -0.3 is 9.66 Å². The van der Waals surface area contributed by atoms with Gasteiger partial charge in [-0.25, -0.2) is 0 Å². The maximum atomic E-state index is 13.6. The molecule has 0 saturated carbocycles. The van der Waals surface area contributed by atoms with E-state index in [1.54, 1.807) is 33.8 Å². The number of alkyl halides is 2. The summed E-state index contributed by atoms with van der Waals surface area (Å²) in [6.45, 7) is 5.81. The number of aliphatic hydroxyl groups excluding tert-OH is 1. The van der Waals surface area contributed by atoms with E-state index in [1.807, 2.05) is 0 Å². The average Bonchev–Trinajstić information content (AvgIpc) is 2.37. The molecule has 1 aromatic rings. The van der Waals surface area contributed by atoms with Gasteiger partial charge in [0.15, 0.2) is 0 Å². The minimum absolute atomic E-state index is 0.123. The van der Waals surface area contributed by atoms with Crippen molar-refractivity contribution in [2.75, 3.05) is 6.61 Å². The second kappa shape index (κ2) is 6.79. The Bertz CT molecular complexity index is 494. The summed E-state index contributed by atoms with van der Waals surface area (Å²) in [5, 5.41) is 8.66. The average molecular weight is 340 g/mol. The van der Waals surface area contributed by atoms with Crippen molar-refractivity contribution >= 4 is 23.0 Å². The smallest absolute Gasteiger partial charge is 0.297 e. The van der Waals surface area contributed by atoms with Gasteiger partial charge >= 0.3 is 0 Å². The molecule has 0 aliphatic rings. The fourth-order valence-electron chi connectivity index (χ4n) is 1.65. The van der Waals surface area contributed by atoms with Crippen molar-refractivity contribution in [2.45, 2.75) is 44.4 Å². The maximum absolute atomic E-state index is 13.6. The van der Waals surface area contributed by atoms with Gasteiger partial charge in [0, 0.05) is 16.9 Å². The maximum Gasteiger partial charge on any atom is 0.297 e. The van der Waals surface area contributed by atoms with Crippen LogP contribution in [-0.4, -0.2) is 21.0 Å². The fraction of sp³-hybridized carbons (Fsp3) is 0.571. The minimum Gasteiger partial charge on any atom is -0.598 e. The van der Waals surface area contributed by atoms with Crippen LogP contribution >= 0.6 is 11.6 Å².